The Kier molecular flexibility index (Phi) is 2.37. The average molecular weight is 225 g/mol. The van der Waals surface area contributed by atoms with Gasteiger partial charge in [-0.2, -0.15) is 0 Å². The Labute approximate surface area is 100 Å². The smallest absolute Gasteiger partial charge is 0.140 e. The largest absolute Gasteiger partial charge is 0.506 e. The van der Waals surface area contributed by atoms with Crippen LogP contribution < -0.4 is 10.2 Å². The van der Waals surface area contributed by atoms with Crippen LogP contribution in [0.2, 0.25) is 0 Å². The monoisotopic (exact) mass is 225 g/mol. The number of hydrogen-bond donors (Lipinski definition) is 2. The quantitative estimate of drug-likeness (QED) is 0.771. The molecule has 1 aliphatic heterocycles. The first kappa shape index (κ1) is 10.0. The molecular weight excluding hydrogens is 212 g/mol. The molecule has 1 heterocycles. The molecule has 0 aromatic heterocycles. The molecule has 2 aromatic carbocycles. The minimum atomic E-state index is 0.286. The second kappa shape index (κ2) is 4.01. The van der Waals surface area contributed by atoms with Gasteiger partial charge in [0.25, 0.3) is 0 Å². The van der Waals surface area contributed by atoms with Gasteiger partial charge in [-0.15, -0.1) is 0 Å². The molecule has 1 radical (unpaired) electrons. The number of benzene rings is 2. The van der Waals surface area contributed by atoms with E-state index < -0.39 is 0 Å². The predicted octanol–water partition coefficient (Wildman–Crippen LogP) is 2.94. The Morgan fingerprint density at radius 1 is 1.00 bits per heavy atom. The molecule has 85 valence electrons. The van der Waals surface area contributed by atoms with Crippen molar-refractivity contribution in [3.05, 3.63) is 60.8 Å². The second-order valence-electron chi connectivity index (χ2n) is 4.06. The summed E-state index contributed by atoms with van der Waals surface area (Å²) in [6, 6.07) is 15.8. The van der Waals surface area contributed by atoms with E-state index in [1.54, 1.807) is 6.07 Å². The highest BCUT2D eigenvalue weighted by Gasteiger charge is 2.21. The highest BCUT2D eigenvalue weighted by Crippen LogP contribution is 2.40. The highest BCUT2D eigenvalue weighted by atomic mass is 16.3. The van der Waals surface area contributed by atoms with Crippen molar-refractivity contribution in [2.45, 2.75) is 6.54 Å². The summed E-state index contributed by atoms with van der Waals surface area (Å²) in [5.74, 6) is 0.286. The minimum absolute atomic E-state index is 0.286. The van der Waals surface area contributed by atoms with Crippen LogP contribution in [0.15, 0.2) is 48.5 Å². The molecule has 3 nitrogen and oxygen atoms in total. The van der Waals surface area contributed by atoms with Crippen molar-refractivity contribution in [1.29, 1.82) is 0 Å². The van der Waals surface area contributed by atoms with E-state index in [9.17, 15) is 5.11 Å². The summed E-state index contributed by atoms with van der Waals surface area (Å²) in [4.78, 5) is 2.09. The maximum Gasteiger partial charge on any atom is 0.140 e. The third-order valence-corrected chi connectivity index (χ3v) is 2.89. The third-order valence-electron chi connectivity index (χ3n) is 2.89. The summed E-state index contributed by atoms with van der Waals surface area (Å²) in [6.07, 6.45) is 0. The average Bonchev–Trinajstić information content (AvgIpc) is 2.76. The van der Waals surface area contributed by atoms with E-state index in [0.717, 1.165) is 17.9 Å². The van der Waals surface area contributed by atoms with E-state index in [0.29, 0.717) is 0 Å². The fraction of sp³-hybridized carbons (Fsp3) is 0.0714. The minimum Gasteiger partial charge on any atom is -0.506 e. The zero-order chi connectivity index (χ0) is 11.7. The standard InChI is InChI=1S/C14H13N2O/c17-13-8-4-7-12-14(13)15-10-16(12)9-11-5-2-1-3-6-11/h1-8,10,15,17H,9H2. The summed E-state index contributed by atoms with van der Waals surface area (Å²) in [7, 11) is 0. The molecule has 17 heavy (non-hydrogen) atoms. The van der Waals surface area contributed by atoms with Crippen LogP contribution >= 0.6 is 0 Å². The number of phenolic OH excluding ortho intramolecular Hbond substituents is 1. The van der Waals surface area contributed by atoms with Gasteiger partial charge in [0.2, 0.25) is 0 Å². The highest BCUT2D eigenvalue weighted by molar-refractivity contribution is 5.82. The van der Waals surface area contributed by atoms with Gasteiger partial charge in [0.15, 0.2) is 0 Å². The number of nitrogens with zero attached hydrogens (tertiary/aromatic N) is 1. The molecule has 0 spiro atoms. The molecule has 0 bridgehead atoms. The number of phenols is 1. The van der Waals surface area contributed by atoms with Crippen molar-refractivity contribution >= 4 is 11.4 Å². The molecule has 0 amide bonds. The normalized spacial score (nSPS) is 13.3. The Bertz CT molecular complexity index is 525. The molecule has 0 atom stereocenters. The van der Waals surface area contributed by atoms with Crippen molar-refractivity contribution in [3.8, 4) is 5.75 Å². The number of rotatable bonds is 2. The van der Waals surface area contributed by atoms with E-state index in [1.807, 2.05) is 37.0 Å². The van der Waals surface area contributed by atoms with Crippen molar-refractivity contribution in [1.82, 2.24) is 0 Å². The Hall–Kier alpha value is -2.16. The van der Waals surface area contributed by atoms with E-state index in [-0.39, 0.29) is 5.75 Å². The number of anilines is 2. The van der Waals surface area contributed by atoms with Crippen LogP contribution in [0.1, 0.15) is 5.56 Å². The number of nitrogens with one attached hydrogen (secondary N) is 1. The summed E-state index contributed by atoms with van der Waals surface area (Å²) < 4.78 is 0. The van der Waals surface area contributed by atoms with Gasteiger partial charge in [0.05, 0.1) is 5.69 Å². The molecule has 0 fully saturated rings. The number of aromatic hydroxyl groups is 1. The van der Waals surface area contributed by atoms with Crippen LogP contribution in [-0.2, 0) is 6.54 Å². The van der Waals surface area contributed by atoms with Gasteiger partial charge in [0, 0.05) is 6.54 Å². The topological polar surface area (TPSA) is 35.5 Å². The van der Waals surface area contributed by atoms with Crippen molar-refractivity contribution < 1.29 is 5.11 Å². The summed E-state index contributed by atoms with van der Waals surface area (Å²) in [5.41, 5.74) is 3.03. The molecule has 0 unspecified atom stereocenters. The third kappa shape index (κ3) is 1.80. The van der Waals surface area contributed by atoms with E-state index in [2.05, 4.69) is 22.3 Å². The van der Waals surface area contributed by atoms with Crippen LogP contribution in [-0.4, -0.2) is 5.11 Å². The van der Waals surface area contributed by atoms with Gasteiger partial charge in [-0.3, -0.25) is 0 Å². The van der Waals surface area contributed by atoms with Crippen molar-refractivity contribution in [3.63, 3.8) is 0 Å². The summed E-state index contributed by atoms with van der Waals surface area (Å²) >= 11 is 0. The molecular formula is C14H13N2O. The fourth-order valence-corrected chi connectivity index (χ4v) is 2.04. The molecule has 2 N–H and O–H groups in total. The van der Waals surface area contributed by atoms with Gasteiger partial charge >= 0.3 is 0 Å². The first-order chi connectivity index (χ1) is 8.34. The number of para-hydroxylation sites is 1. The van der Waals surface area contributed by atoms with Gasteiger partial charge in [0.1, 0.15) is 18.1 Å². The molecule has 3 rings (SSSR count). The molecule has 0 aliphatic carbocycles. The van der Waals surface area contributed by atoms with E-state index in [4.69, 9.17) is 0 Å². The van der Waals surface area contributed by atoms with Crippen molar-refractivity contribution in [2.24, 2.45) is 0 Å². The van der Waals surface area contributed by atoms with E-state index in [1.165, 1.54) is 5.56 Å². The maximum atomic E-state index is 9.71. The Morgan fingerprint density at radius 3 is 2.65 bits per heavy atom. The lowest BCUT2D eigenvalue weighted by molar-refractivity contribution is 0.478. The lowest BCUT2D eigenvalue weighted by Gasteiger charge is -2.17. The zero-order valence-corrected chi connectivity index (χ0v) is 9.30. The van der Waals surface area contributed by atoms with Crippen LogP contribution in [0.3, 0.4) is 0 Å². The van der Waals surface area contributed by atoms with Gasteiger partial charge in [-0.25, -0.2) is 0 Å². The van der Waals surface area contributed by atoms with Crippen LogP contribution in [0.25, 0.3) is 0 Å². The van der Waals surface area contributed by atoms with Crippen LogP contribution in [0, 0.1) is 6.67 Å². The molecule has 0 saturated heterocycles. The maximum absolute atomic E-state index is 9.71. The summed E-state index contributed by atoms with van der Waals surface area (Å²) in [5, 5.41) is 12.8. The predicted molar refractivity (Wildman–Crippen MR) is 68.7 cm³/mol. The van der Waals surface area contributed by atoms with Crippen molar-refractivity contribution in [2.75, 3.05) is 10.2 Å². The number of hydrogen-bond acceptors (Lipinski definition) is 3. The lowest BCUT2D eigenvalue weighted by Crippen LogP contribution is -2.16. The van der Waals surface area contributed by atoms with Gasteiger partial charge < -0.3 is 15.3 Å². The molecule has 3 heteroatoms. The van der Waals surface area contributed by atoms with Gasteiger partial charge in [-0.05, 0) is 17.7 Å². The van der Waals surface area contributed by atoms with Crippen LogP contribution in [0.5, 0.6) is 5.75 Å². The van der Waals surface area contributed by atoms with Crippen LogP contribution in [0.4, 0.5) is 11.4 Å². The molecule has 0 saturated carbocycles. The Morgan fingerprint density at radius 2 is 1.82 bits per heavy atom. The number of fused-ring (bicyclic) bond motifs is 1. The van der Waals surface area contributed by atoms with E-state index >= 15 is 0 Å². The fourth-order valence-electron chi connectivity index (χ4n) is 2.04. The first-order valence-electron chi connectivity index (χ1n) is 5.57. The lowest BCUT2D eigenvalue weighted by atomic mass is 10.2. The Balaban J connectivity index is 1.87. The van der Waals surface area contributed by atoms with Gasteiger partial charge in [-0.1, -0.05) is 36.4 Å². The SMILES string of the molecule is Oc1cccc2c1N[CH]N2Cc1ccccc1. The zero-order valence-electron chi connectivity index (χ0n) is 9.30. The first-order valence-corrected chi connectivity index (χ1v) is 5.57. The molecule has 1 aliphatic rings. The second-order valence-corrected chi connectivity index (χ2v) is 4.06. The summed E-state index contributed by atoms with van der Waals surface area (Å²) in [6.45, 7) is 2.68. The molecule has 2 aromatic rings.